The van der Waals surface area contributed by atoms with E-state index in [1.54, 1.807) is 13.0 Å². The molecule has 0 bridgehead atoms. The second-order valence-electron chi connectivity index (χ2n) is 5.91. The van der Waals surface area contributed by atoms with Crippen LogP contribution < -0.4 is 10.6 Å². The number of amides is 1. The number of aryl methyl sites for hydroxylation is 2. The summed E-state index contributed by atoms with van der Waals surface area (Å²) in [4.78, 5) is 24.1. The average Bonchev–Trinajstić information content (AvgIpc) is 2.48. The Bertz CT molecular complexity index is 566. The minimum absolute atomic E-state index is 0.00472. The molecule has 1 aromatic rings. The molecule has 0 fully saturated rings. The van der Waals surface area contributed by atoms with Crippen molar-refractivity contribution < 1.29 is 14.3 Å². The molecule has 0 heterocycles. The molecule has 0 aliphatic carbocycles. The third-order valence-electron chi connectivity index (χ3n) is 3.72. The maximum atomic E-state index is 12.2. The van der Waals surface area contributed by atoms with Crippen LogP contribution in [0.2, 0.25) is 5.02 Å². The number of hydrogen-bond acceptors (Lipinski definition) is 4. The molecule has 0 aliphatic rings. The van der Waals surface area contributed by atoms with Crippen molar-refractivity contribution in [3.05, 3.63) is 28.3 Å². The van der Waals surface area contributed by atoms with Gasteiger partial charge in [0, 0.05) is 0 Å². The van der Waals surface area contributed by atoms with Gasteiger partial charge in [-0.15, -0.1) is 0 Å². The fraction of sp³-hybridized carbons (Fsp3) is 0.529. The number of hydrogen-bond donors (Lipinski definition) is 2. The second-order valence-corrected chi connectivity index (χ2v) is 6.32. The first-order valence-corrected chi connectivity index (χ1v) is 8.01. The zero-order valence-electron chi connectivity index (χ0n) is 14.4. The van der Waals surface area contributed by atoms with Crippen molar-refractivity contribution in [2.45, 2.75) is 46.1 Å². The van der Waals surface area contributed by atoms with Gasteiger partial charge in [0.05, 0.1) is 24.4 Å². The molecule has 23 heavy (non-hydrogen) atoms. The molecular formula is C17H25ClN2O3. The quantitative estimate of drug-likeness (QED) is 0.748. The molecule has 1 rings (SSSR count). The minimum atomic E-state index is -0.882. The average molecular weight is 341 g/mol. The van der Waals surface area contributed by atoms with Gasteiger partial charge in [-0.2, -0.15) is 0 Å². The van der Waals surface area contributed by atoms with Crippen LogP contribution in [0.5, 0.6) is 0 Å². The van der Waals surface area contributed by atoms with Crippen molar-refractivity contribution >= 4 is 29.2 Å². The van der Waals surface area contributed by atoms with Crippen LogP contribution in [-0.4, -0.2) is 31.1 Å². The summed E-state index contributed by atoms with van der Waals surface area (Å²) in [5, 5.41) is 6.28. The maximum absolute atomic E-state index is 12.2. The van der Waals surface area contributed by atoms with E-state index in [9.17, 15) is 9.59 Å². The van der Waals surface area contributed by atoms with Gasteiger partial charge in [0.1, 0.15) is 5.54 Å². The summed E-state index contributed by atoms with van der Waals surface area (Å²) in [6.07, 6.45) is 1.38. The van der Waals surface area contributed by atoms with Gasteiger partial charge in [-0.05, 0) is 44.4 Å². The standard InChI is InChI=1S/C17H25ClN2O3/c1-6-7-17(4,16(22)23-5)19-10-14(21)20-15-12(3)8-11(2)9-13(15)18/h8-9,19H,6-7,10H2,1-5H3,(H,20,21)/t17-/m1/s1. The summed E-state index contributed by atoms with van der Waals surface area (Å²) in [5.74, 6) is -0.637. The van der Waals surface area contributed by atoms with E-state index in [1.807, 2.05) is 26.8 Å². The summed E-state index contributed by atoms with van der Waals surface area (Å²) >= 11 is 6.18. The lowest BCUT2D eigenvalue weighted by Gasteiger charge is -2.27. The van der Waals surface area contributed by atoms with E-state index in [-0.39, 0.29) is 18.4 Å². The molecule has 128 valence electrons. The van der Waals surface area contributed by atoms with Crippen LogP contribution in [0.4, 0.5) is 5.69 Å². The van der Waals surface area contributed by atoms with E-state index < -0.39 is 5.54 Å². The first-order chi connectivity index (χ1) is 10.7. The van der Waals surface area contributed by atoms with Crippen LogP contribution in [-0.2, 0) is 14.3 Å². The number of rotatable bonds is 7. The van der Waals surface area contributed by atoms with Crippen LogP contribution in [0.15, 0.2) is 12.1 Å². The van der Waals surface area contributed by atoms with Gasteiger partial charge < -0.3 is 10.1 Å². The Morgan fingerprint density at radius 3 is 2.48 bits per heavy atom. The molecule has 5 nitrogen and oxygen atoms in total. The molecule has 6 heteroatoms. The first kappa shape index (κ1) is 19.5. The third-order valence-corrected chi connectivity index (χ3v) is 4.02. The lowest BCUT2D eigenvalue weighted by atomic mass is 9.96. The molecule has 0 unspecified atom stereocenters. The number of nitrogens with one attached hydrogen (secondary N) is 2. The number of ether oxygens (including phenoxy) is 1. The van der Waals surface area contributed by atoms with Gasteiger partial charge in [0.25, 0.3) is 0 Å². The molecule has 2 N–H and O–H groups in total. The van der Waals surface area contributed by atoms with E-state index in [4.69, 9.17) is 16.3 Å². The van der Waals surface area contributed by atoms with Crippen molar-refractivity contribution in [3.63, 3.8) is 0 Å². The Morgan fingerprint density at radius 1 is 1.30 bits per heavy atom. The molecule has 0 saturated heterocycles. The predicted octanol–water partition coefficient (Wildman–Crippen LogP) is 3.22. The molecule has 1 atom stereocenters. The number of carbonyl (C=O) groups is 2. The van der Waals surface area contributed by atoms with Gasteiger partial charge in [0.2, 0.25) is 5.91 Å². The smallest absolute Gasteiger partial charge is 0.325 e. The van der Waals surface area contributed by atoms with Crippen LogP contribution in [0.3, 0.4) is 0 Å². The highest BCUT2D eigenvalue weighted by Crippen LogP contribution is 2.27. The third kappa shape index (κ3) is 5.22. The molecule has 0 aromatic heterocycles. The van der Waals surface area contributed by atoms with Crippen LogP contribution in [0.25, 0.3) is 0 Å². The number of halogens is 1. The lowest BCUT2D eigenvalue weighted by Crippen LogP contribution is -2.52. The number of methoxy groups -OCH3 is 1. The summed E-state index contributed by atoms with van der Waals surface area (Å²) in [7, 11) is 1.34. The van der Waals surface area contributed by atoms with Gasteiger partial charge in [-0.25, -0.2) is 0 Å². The minimum Gasteiger partial charge on any atom is -0.468 e. The SMILES string of the molecule is CCC[C@@](C)(NCC(=O)Nc1c(C)cc(C)cc1Cl)C(=O)OC. The Kier molecular flexibility index (Phi) is 7.03. The molecular weight excluding hydrogens is 316 g/mol. The predicted molar refractivity (Wildman–Crippen MR) is 92.9 cm³/mol. The van der Waals surface area contributed by atoms with Crippen molar-refractivity contribution in [2.24, 2.45) is 0 Å². The zero-order chi connectivity index (χ0) is 17.6. The summed E-state index contributed by atoms with van der Waals surface area (Å²) in [5.41, 5.74) is 1.64. The number of carbonyl (C=O) groups excluding carboxylic acids is 2. The highest BCUT2D eigenvalue weighted by atomic mass is 35.5. The van der Waals surface area contributed by atoms with Crippen molar-refractivity contribution in [1.29, 1.82) is 0 Å². The van der Waals surface area contributed by atoms with Gasteiger partial charge in [-0.3, -0.25) is 14.9 Å². The maximum Gasteiger partial charge on any atom is 0.325 e. The Hall–Kier alpha value is -1.59. The fourth-order valence-electron chi connectivity index (χ4n) is 2.52. The van der Waals surface area contributed by atoms with E-state index in [0.29, 0.717) is 17.1 Å². The van der Waals surface area contributed by atoms with E-state index in [2.05, 4.69) is 10.6 Å². The first-order valence-electron chi connectivity index (χ1n) is 7.63. The second kappa shape index (κ2) is 8.31. The van der Waals surface area contributed by atoms with E-state index in [0.717, 1.165) is 17.5 Å². The molecule has 0 saturated carbocycles. The highest BCUT2D eigenvalue weighted by Gasteiger charge is 2.33. The van der Waals surface area contributed by atoms with Crippen molar-refractivity contribution in [2.75, 3.05) is 19.0 Å². The molecule has 1 aromatic carbocycles. The Balaban J connectivity index is 2.75. The van der Waals surface area contributed by atoms with Crippen molar-refractivity contribution in [3.8, 4) is 0 Å². The monoisotopic (exact) mass is 340 g/mol. The number of esters is 1. The Morgan fingerprint density at radius 2 is 1.96 bits per heavy atom. The molecule has 1 amide bonds. The van der Waals surface area contributed by atoms with E-state index in [1.165, 1.54) is 7.11 Å². The summed E-state index contributed by atoms with van der Waals surface area (Å²) in [6.45, 7) is 7.53. The topological polar surface area (TPSA) is 67.4 Å². The normalized spacial score (nSPS) is 13.3. The fourth-order valence-corrected chi connectivity index (χ4v) is 2.89. The van der Waals surface area contributed by atoms with Gasteiger partial charge >= 0.3 is 5.97 Å². The molecule has 0 aliphatic heterocycles. The summed E-state index contributed by atoms with van der Waals surface area (Å²) in [6, 6.07) is 3.75. The van der Waals surface area contributed by atoms with Crippen LogP contribution in [0.1, 0.15) is 37.8 Å². The Labute approximate surface area is 142 Å². The van der Waals surface area contributed by atoms with Gasteiger partial charge in [0.15, 0.2) is 0 Å². The van der Waals surface area contributed by atoms with Crippen LogP contribution in [0, 0.1) is 13.8 Å². The largest absolute Gasteiger partial charge is 0.468 e. The van der Waals surface area contributed by atoms with Crippen LogP contribution >= 0.6 is 11.6 Å². The molecule has 0 radical (unpaired) electrons. The van der Waals surface area contributed by atoms with Crippen molar-refractivity contribution in [1.82, 2.24) is 5.32 Å². The molecule has 0 spiro atoms. The number of benzene rings is 1. The zero-order valence-corrected chi connectivity index (χ0v) is 15.1. The highest BCUT2D eigenvalue weighted by molar-refractivity contribution is 6.34. The summed E-state index contributed by atoms with van der Waals surface area (Å²) < 4.78 is 4.82. The number of anilines is 1. The lowest BCUT2D eigenvalue weighted by molar-refractivity contribution is -0.148. The van der Waals surface area contributed by atoms with Gasteiger partial charge in [-0.1, -0.05) is 31.0 Å². The van der Waals surface area contributed by atoms with E-state index >= 15 is 0 Å².